The molecule has 0 saturated heterocycles. The van der Waals surface area contributed by atoms with Crippen LogP contribution in [0.15, 0.2) is 0 Å². The molecule has 8 heavy (non-hydrogen) atoms. The van der Waals surface area contributed by atoms with Gasteiger partial charge in [-0.2, -0.15) is 0 Å². The minimum absolute atomic E-state index is 0.431. The van der Waals surface area contributed by atoms with Crippen LogP contribution in [0.4, 0.5) is 0 Å². The first-order chi connectivity index (χ1) is 3.81. The van der Waals surface area contributed by atoms with Crippen molar-refractivity contribution in [2.24, 2.45) is 5.92 Å². The second-order valence-electron chi connectivity index (χ2n) is 2.02. The van der Waals surface area contributed by atoms with Crippen LogP contribution < -0.4 is 0 Å². The molecule has 0 bridgehead atoms. The molecule has 0 N–H and O–H groups in total. The molecule has 0 aliphatic rings. The van der Waals surface area contributed by atoms with Crippen molar-refractivity contribution < 1.29 is 0 Å². The van der Waals surface area contributed by atoms with Crippen molar-refractivity contribution in [1.82, 2.24) is 0 Å². The molecule has 50 valence electrons. The van der Waals surface area contributed by atoms with Gasteiger partial charge < -0.3 is 0 Å². The summed E-state index contributed by atoms with van der Waals surface area (Å²) in [6.45, 7) is 2.41. The van der Waals surface area contributed by atoms with Gasteiger partial charge in [-0.05, 0) is 0 Å². The Morgan fingerprint density at radius 2 is 1.50 bits per heavy atom. The van der Waals surface area contributed by atoms with Gasteiger partial charge in [-0.15, -0.1) is 0 Å². The molecular weight excluding hydrogens is 327 g/mol. The van der Waals surface area contributed by atoms with Gasteiger partial charge in [0, 0.05) is 0 Å². The Labute approximate surface area is 73.0 Å². The van der Waals surface area contributed by atoms with Crippen LogP contribution in [-0.2, 0) is 0 Å². The molecular formula is C6H14Te2. The van der Waals surface area contributed by atoms with Crippen molar-refractivity contribution in [3.63, 3.8) is 0 Å². The predicted molar refractivity (Wildman–Crippen MR) is 42.0 cm³/mol. The number of hydrogen-bond donors (Lipinski definition) is 0. The summed E-state index contributed by atoms with van der Waals surface area (Å²) in [5, 5.41) is 0. The number of rotatable bonds is 4. The zero-order valence-electron chi connectivity index (χ0n) is 5.81. The van der Waals surface area contributed by atoms with E-state index in [1.807, 2.05) is 0 Å². The Morgan fingerprint density at radius 1 is 1.12 bits per heavy atom. The zero-order valence-corrected chi connectivity index (χ0v) is 10.5. The fourth-order valence-electron chi connectivity index (χ4n) is 0.617. The average Bonchev–Trinajstić information content (AvgIpc) is 1.68. The van der Waals surface area contributed by atoms with E-state index >= 15 is 0 Å². The first-order valence-electron chi connectivity index (χ1n) is 2.79. The van der Waals surface area contributed by atoms with Gasteiger partial charge in [-0.1, -0.05) is 0 Å². The maximum absolute atomic E-state index is 2.41. The summed E-state index contributed by atoms with van der Waals surface area (Å²) in [5.41, 5.74) is 0. The average molecular weight is 341 g/mol. The first-order valence-corrected chi connectivity index (χ1v) is 10.7. The molecule has 0 atom stereocenters. The van der Waals surface area contributed by atoms with Crippen molar-refractivity contribution in [1.29, 1.82) is 0 Å². The maximum atomic E-state index is 2.41. The van der Waals surface area contributed by atoms with E-state index < -0.39 is 0 Å². The quantitative estimate of drug-likeness (QED) is 0.686. The van der Waals surface area contributed by atoms with Gasteiger partial charge in [0.25, 0.3) is 0 Å². The Morgan fingerprint density at radius 3 is 1.75 bits per heavy atom. The second-order valence-corrected chi connectivity index (χ2v) is 7.21. The van der Waals surface area contributed by atoms with Crippen LogP contribution in [0.1, 0.15) is 6.92 Å². The molecule has 0 fully saturated rings. The third kappa shape index (κ3) is 5.71. The molecule has 0 aromatic heterocycles. The topological polar surface area (TPSA) is 0 Å². The van der Waals surface area contributed by atoms with Crippen LogP contribution in [0.3, 0.4) is 0 Å². The molecule has 0 saturated carbocycles. The standard InChI is InChI=1S/C6H14Te2/c1-6(4-7-2)5-8-3/h6H,4-5H2,1-3H3. The zero-order chi connectivity index (χ0) is 6.41. The summed E-state index contributed by atoms with van der Waals surface area (Å²) in [6, 6.07) is 0. The van der Waals surface area contributed by atoms with Gasteiger partial charge in [-0.3, -0.25) is 0 Å². The van der Waals surface area contributed by atoms with Crippen molar-refractivity contribution in [2.75, 3.05) is 0 Å². The van der Waals surface area contributed by atoms with Crippen molar-refractivity contribution in [2.45, 2.75) is 25.8 Å². The van der Waals surface area contributed by atoms with E-state index in [0.29, 0.717) is 41.8 Å². The Bertz CT molecular complexity index is 39.8. The molecule has 0 radical (unpaired) electrons. The molecule has 2 heteroatoms. The van der Waals surface area contributed by atoms with Gasteiger partial charge in [0.1, 0.15) is 0 Å². The minimum atomic E-state index is 0.431. The Kier molecular flexibility index (Phi) is 8.02. The summed E-state index contributed by atoms with van der Waals surface area (Å²) in [6.07, 6.45) is 0. The molecule has 0 amide bonds. The molecule has 0 aromatic carbocycles. The first kappa shape index (κ1) is 9.58. The summed E-state index contributed by atoms with van der Waals surface area (Å²) in [4.78, 5) is 4.80. The summed E-state index contributed by atoms with van der Waals surface area (Å²) < 4.78 is 3.15. The van der Waals surface area contributed by atoms with Gasteiger partial charge in [-0.25, -0.2) is 0 Å². The van der Waals surface area contributed by atoms with Gasteiger partial charge in [0.05, 0.1) is 0 Å². The molecule has 0 spiro atoms. The third-order valence-electron chi connectivity index (χ3n) is 0.902. The van der Waals surface area contributed by atoms with E-state index in [-0.39, 0.29) is 0 Å². The molecule has 0 rings (SSSR count). The van der Waals surface area contributed by atoms with E-state index in [1.165, 1.54) is 0 Å². The van der Waals surface area contributed by atoms with E-state index in [2.05, 4.69) is 16.9 Å². The fraction of sp³-hybridized carbons (Fsp3) is 1.00. The van der Waals surface area contributed by atoms with E-state index in [9.17, 15) is 0 Å². The summed E-state index contributed by atoms with van der Waals surface area (Å²) in [5.74, 6) is 1.08. The molecule has 0 nitrogen and oxygen atoms in total. The summed E-state index contributed by atoms with van der Waals surface area (Å²) >= 11 is 0.862. The SMILES string of the molecule is C[Te]CC(C)C[Te]C. The van der Waals surface area contributed by atoms with Crippen molar-refractivity contribution in [3.8, 4) is 0 Å². The van der Waals surface area contributed by atoms with Crippen LogP contribution in [0, 0.1) is 5.92 Å². The third-order valence-corrected chi connectivity index (χ3v) is 6.05. The Balaban J connectivity index is 2.92. The molecule has 0 aliphatic heterocycles. The summed E-state index contributed by atoms with van der Waals surface area (Å²) in [7, 11) is 0. The van der Waals surface area contributed by atoms with Crippen LogP contribution >= 0.6 is 0 Å². The molecule has 0 heterocycles. The molecule has 0 aliphatic carbocycles. The van der Waals surface area contributed by atoms with E-state index in [0.717, 1.165) is 5.92 Å². The monoisotopic (exact) mass is 346 g/mol. The normalized spacial score (nSPS) is 10.5. The number of hydrogen-bond acceptors (Lipinski definition) is 0. The molecule has 0 unspecified atom stereocenters. The van der Waals surface area contributed by atoms with Crippen LogP contribution in [0.25, 0.3) is 0 Å². The second kappa shape index (κ2) is 6.70. The Hall–Kier alpha value is 1.58. The van der Waals surface area contributed by atoms with Crippen molar-refractivity contribution >= 4 is 41.8 Å². The van der Waals surface area contributed by atoms with Crippen LogP contribution in [-0.4, -0.2) is 41.8 Å². The van der Waals surface area contributed by atoms with Gasteiger partial charge >= 0.3 is 73.6 Å². The van der Waals surface area contributed by atoms with Crippen LogP contribution in [0.5, 0.6) is 0 Å². The molecule has 0 aromatic rings. The van der Waals surface area contributed by atoms with Gasteiger partial charge in [0.2, 0.25) is 0 Å². The van der Waals surface area contributed by atoms with Gasteiger partial charge in [0.15, 0.2) is 0 Å². The van der Waals surface area contributed by atoms with Crippen molar-refractivity contribution in [3.05, 3.63) is 0 Å². The predicted octanol–water partition coefficient (Wildman–Crippen LogP) is 1.96. The van der Waals surface area contributed by atoms with Crippen LogP contribution in [0.2, 0.25) is 18.9 Å². The fourth-order valence-corrected chi connectivity index (χ4v) is 5.98. The van der Waals surface area contributed by atoms with E-state index in [4.69, 9.17) is 0 Å². The van der Waals surface area contributed by atoms with E-state index in [1.54, 1.807) is 8.94 Å².